The summed E-state index contributed by atoms with van der Waals surface area (Å²) in [6.07, 6.45) is 16.8. The molecular formula is C29H59ClN2O2. The van der Waals surface area contributed by atoms with E-state index in [9.17, 15) is 10.2 Å². The predicted molar refractivity (Wildman–Crippen MR) is 152 cm³/mol. The van der Waals surface area contributed by atoms with E-state index in [0.717, 1.165) is 43.3 Å². The van der Waals surface area contributed by atoms with E-state index in [1.54, 1.807) is 12.5 Å². The molecule has 5 heteroatoms. The molecule has 0 aromatic heterocycles. The molecule has 0 amide bonds. The maximum Gasteiger partial charge on any atom is 0.128 e. The predicted octanol–water partition coefficient (Wildman–Crippen LogP) is 7.54. The van der Waals surface area contributed by atoms with Crippen molar-refractivity contribution >= 4 is 11.6 Å². The number of aliphatic hydroxyl groups is 2. The number of aliphatic hydroxyl groups excluding tert-OH is 2. The van der Waals surface area contributed by atoms with Gasteiger partial charge in [0.25, 0.3) is 0 Å². The molecule has 0 bridgehead atoms. The lowest BCUT2D eigenvalue weighted by Gasteiger charge is -2.24. The molecule has 0 aromatic carbocycles. The molecule has 1 heterocycles. The topological polar surface area (TPSA) is 64.5 Å². The minimum atomic E-state index is -0.662. The molecule has 0 fully saturated rings. The van der Waals surface area contributed by atoms with E-state index in [0.29, 0.717) is 0 Å². The molecule has 204 valence electrons. The number of hydrogen-bond donors (Lipinski definition) is 4. The fraction of sp³-hybridized carbons (Fsp3) is 0.862. The van der Waals surface area contributed by atoms with Gasteiger partial charge in [-0.1, -0.05) is 103 Å². The highest BCUT2D eigenvalue weighted by Crippen LogP contribution is 2.28. The van der Waals surface area contributed by atoms with Gasteiger partial charge in [-0.15, -0.1) is 0 Å². The highest BCUT2D eigenvalue weighted by molar-refractivity contribution is 6.25. The van der Waals surface area contributed by atoms with Gasteiger partial charge in [0.05, 0.1) is 6.10 Å². The molecule has 5 atom stereocenters. The van der Waals surface area contributed by atoms with Crippen LogP contribution >= 0.6 is 11.6 Å². The third-order valence-corrected chi connectivity index (χ3v) is 6.50. The third-order valence-electron chi connectivity index (χ3n) is 6.33. The Morgan fingerprint density at radius 2 is 1.62 bits per heavy atom. The van der Waals surface area contributed by atoms with Crippen LogP contribution in [-0.4, -0.2) is 41.7 Å². The Labute approximate surface area is 218 Å². The second kappa shape index (κ2) is 25.7. The van der Waals surface area contributed by atoms with Crippen molar-refractivity contribution in [3.63, 3.8) is 0 Å². The van der Waals surface area contributed by atoms with Crippen molar-refractivity contribution in [3.8, 4) is 0 Å². The van der Waals surface area contributed by atoms with Crippen LogP contribution in [0, 0.1) is 11.8 Å². The average molecular weight is 503 g/mol. The molecule has 4 nitrogen and oxygen atoms in total. The summed E-state index contributed by atoms with van der Waals surface area (Å²) < 4.78 is 0. The van der Waals surface area contributed by atoms with E-state index in [1.165, 1.54) is 57.8 Å². The zero-order chi connectivity index (χ0) is 26.2. The van der Waals surface area contributed by atoms with Crippen LogP contribution in [0.1, 0.15) is 119 Å². The second-order valence-corrected chi connectivity index (χ2v) is 9.97. The van der Waals surface area contributed by atoms with Crippen LogP contribution in [0.5, 0.6) is 0 Å². The van der Waals surface area contributed by atoms with Crippen LogP contribution in [0.25, 0.3) is 0 Å². The van der Waals surface area contributed by atoms with E-state index in [2.05, 4.69) is 57.4 Å². The molecule has 5 unspecified atom stereocenters. The van der Waals surface area contributed by atoms with Crippen LogP contribution in [0.15, 0.2) is 23.3 Å². The highest BCUT2D eigenvalue weighted by atomic mass is 35.5. The molecule has 4 N–H and O–H groups in total. The standard InChI is InChI=1S/C13H25Cl.C13H26N2O2.C3H8/c1-4-8-12(6-3)13(9-5-2)10-7-11-14;1-10(11(2)16)15-13(17)12-7-5-3-4-6-8-14-9-12;1-3-2/h7,11-13H,4-6,8-10H2,1-3H3;7,10-11,13-17H,3-6,8-9H2,1-2H3;3H2,1-2H3/b11-7+;12-7+;. The lowest BCUT2D eigenvalue weighted by atomic mass is 9.81. The summed E-state index contributed by atoms with van der Waals surface area (Å²) in [5.41, 5.74) is 2.65. The fourth-order valence-electron chi connectivity index (χ4n) is 4.15. The van der Waals surface area contributed by atoms with Gasteiger partial charge in [-0.05, 0) is 63.5 Å². The molecule has 1 aliphatic rings. The first-order chi connectivity index (χ1) is 16.3. The van der Waals surface area contributed by atoms with Crippen molar-refractivity contribution in [1.82, 2.24) is 10.6 Å². The van der Waals surface area contributed by atoms with E-state index < -0.39 is 12.3 Å². The molecule has 1 rings (SSSR count). The first-order valence-corrected chi connectivity index (χ1v) is 14.5. The van der Waals surface area contributed by atoms with Crippen molar-refractivity contribution in [2.24, 2.45) is 11.8 Å². The summed E-state index contributed by atoms with van der Waals surface area (Å²) >= 11 is 5.59. The Morgan fingerprint density at radius 3 is 2.15 bits per heavy atom. The van der Waals surface area contributed by atoms with Gasteiger partial charge in [0, 0.05) is 18.1 Å². The van der Waals surface area contributed by atoms with E-state index >= 15 is 0 Å². The molecule has 0 saturated heterocycles. The maximum atomic E-state index is 10.1. The Bertz CT molecular complexity index is 483. The lowest BCUT2D eigenvalue weighted by molar-refractivity contribution is 0.0966. The van der Waals surface area contributed by atoms with Crippen LogP contribution in [-0.2, 0) is 0 Å². The van der Waals surface area contributed by atoms with Crippen LogP contribution in [0.4, 0.5) is 0 Å². The summed E-state index contributed by atoms with van der Waals surface area (Å²) in [6, 6.07) is -0.112. The smallest absolute Gasteiger partial charge is 0.128 e. The monoisotopic (exact) mass is 502 g/mol. The minimum absolute atomic E-state index is 0.112. The van der Waals surface area contributed by atoms with Crippen molar-refractivity contribution in [2.45, 2.75) is 137 Å². The average Bonchev–Trinajstić information content (AvgIpc) is 2.95. The maximum absolute atomic E-state index is 10.1. The molecule has 1 aliphatic heterocycles. The first-order valence-electron chi connectivity index (χ1n) is 14.1. The van der Waals surface area contributed by atoms with E-state index in [4.69, 9.17) is 11.6 Å². The minimum Gasteiger partial charge on any atom is -0.392 e. The van der Waals surface area contributed by atoms with Gasteiger partial charge >= 0.3 is 0 Å². The Kier molecular flexibility index (Phi) is 27.0. The van der Waals surface area contributed by atoms with Crippen molar-refractivity contribution in [2.75, 3.05) is 13.1 Å². The molecule has 34 heavy (non-hydrogen) atoms. The number of halogens is 1. The zero-order valence-electron chi connectivity index (χ0n) is 23.6. The Hall–Kier alpha value is -0.390. The van der Waals surface area contributed by atoms with Gasteiger partial charge in [-0.2, -0.15) is 0 Å². The van der Waals surface area contributed by atoms with Gasteiger partial charge in [-0.25, -0.2) is 0 Å². The van der Waals surface area contributed by atoms with Crippen LogP contribution in [0.2, 0.25) is 0 Å². The number of nitrogens with one attached hydrogen (secondary N) is 2. The summed E-state index contributed by atoms with van der Waals surface area (Å²) in [6.45, 7) is 16.4. The van der Waals surface area contributed by atoms with Crippen molar-refractivity contribution in [3.05, 3.63) is 23.3 Å². The Morgan fingerprint density at radius 1 is 1.00 bits per heavy atom. The summed E-state index contributed by atoms with van der Waals surface area (Å²) in [7, 11) is 0. The summed E-state index contributed by atoms with van der Waals surface area (Å²) in [5, 5.41) is 25.8. The molecule has 0 spiro atoms. The summed E-state index contributed by atoms with van der Waals surface area (Å²) in [5.74, 6) is 1.74. The third kappa shape index (κ3) is 19.9. The Balaban J connectivity index is 0. The SMILES string of the molecule is CC(O)C(C)NC(O)/C1=C/CCCCCNC1.CCC.CCCC(CC)C(C/C=C/Cl)CCC. The van der Waals surface area contributed by atoms with Gasteiger partial charge in [-0.3, -0.25) is 5.32 Å². The van der Waals surface area contributed by atoms with Crippen LogP contribution in [0.3, 0.4) is 0 Å². The largest absolute Gasteiger partial charge is 0.392 e. The lowest BCUT2D eigenvalue weighted by Crippen LogP contribution is -2.44. The van der Waals surface area contributed by atoms with E-state index in [1.807, 2.05) is 6.92 Å². The highest BCUT2D eigenvalue weighted by Gasteiger charge is 2.17. The molecular weight excluding hydrogens is 444 g/mol. The molecule has 0 saturated carbocycles. The van der Waals surface area contributed by atoms with Gasteiger partial charge < -0.3 is 15.5 Å². The van der Waals surface area contributed by atoms with E-state index in [-0.39, 0.29) is 6.04 Å². The summed E-state index contributed by atoms with van der Waals surface area (Å²) in [4.78, 5) is 0. The van der Waals surface area contributed by atoms with Crippen molar-refractivity contribution in [1.29, 1.82) is 0 Å². The normalized spacial score (nSPS) is 20.6. The van der Waals surface area contributed by atoms with Gasteiger partial charge in [0.2, 0.25) is 0 Å². The van der Waals surface area contributed by atoms with Crippen molar-refractivity contribution < 1.29 is 10.2 Å². The molecule has 0 aliphatic carbocycles. The zero-order valence-corrected chi connectivity index (χ0v) is 24.3. The fourth-order valence-corrected chi connectivity index (χ4v) is 4.26. The number of allylic oxidation sites excluding steroid dienone is 2. The first kappa shape index (κ1) is 35.8. The number of hydrogen-bond acceptors (Lipinski definition) is 4. The van der Waals surface area contributed by atoms with Gasteiger partial charge in [0.1, 0.15) is 6.23 Å². The quantitative estimate of drug-likeness (QED) is 0.164. The molecule has 0 radical (unpaired) electrons. The molecule has 0 aromatic rings. The van der Waals surface area contributed by atoms with Gasteiger partial charge in [0.15, 0.2) is 0 Å². The van der Waals surface area contributed by atoms with Crippen LogP contribution < -0.4 is 10.6 Å². The number of rotatable bonds is 12. The second-order valence-electron chi connectivity index (χ2n) is 9.71.